The monoisotopic (exact) mass is 242 g/mol. The summed E-state index contributed by atoms with van der Waals surface area (Å²) in [5, 5.41) is 8.99. The van der Waals surface area contributed by atoms with Gasteiger partial charge >= 0.3 is 0 Å². The molecule has 1 saturated heterocycles. The number of piperazine rings is 1. The second-order valence-electron chi connectivity index (χ2n) is 6.15. The highest BCUT2D eigenvalue weighted by Crippen LogP contribution is 2.29. The SMILES string of the molecule is CC(C)N1CCN(CCO)C(=O)[C@@H]1C(C)(C)C. The molecule has 0 unspecified atom stereocenters. The average Bonchev–Trinajstić information content (AvgIpc) is 2.18. The Morgan fingerprint density at radius 2 is 1.94 bits per heavy atom. The average molecular weight is 242 g/mol. The van der Waals surface area contributed by atoms with Crippen LogP contribution in [0, 0.1) is 5.41 Å². The number of nitrogens with zero attached hydrogens (tertiary/aromatic N) is 2. The third-order valence-corrected chi connectivity index (χ3v) is 3.36. The van der Waals surface area contributed by atoms with Crippen molar-refractivity contribution in [1.82, 2.24) is 9.80 Å². The second kappa shape index (κ2) is 5.36. The summed E-state index contributed by atoms with van der Waals surface area (Å²) in [5.41, 5.74) is -0.0739. The van der Waals surface area contributed by atoms with Gasteiger partial charge in [0, 0.05) is 25.7 Å². The molecule has 1 heterocycles. The zero-order valence-electron chi connectivity index (χ0n) is 11.7. The number of hydrogen-bond donors (Lipinski definition) is 1. The van der Waals surface area contributed by atoms with Crippen molar-refractivity contribution in [3.05, 3.63) is 0 Å². The molecule has 0 saturated carbocycles. The first-order valence-corrected chi connectivity index (χ1v) is 6.44. The van der Waals surface area contributed by atoms with E-state index >= 15 is 0 Å². The molecule has 17 heavy (non-hydrogen) atoms. The van der Waals surface area contributed by atoms with E-state index < -0.39 is 0 Å². The maximum absolute atomic E-state index is 12.5. The van der Waals surface area contributed by atoms with Crippen LogP contribution in [0.5, 0.6) is 0 Å². The fourth-order valence-corrected chi connectivity index (χ4v) is 2.56. The van der Waals surface area contributed by atoms with Crippen molar-refractivity contribution in [3.63, 3.8) is 0 Å². The lowest BCUT2D eigenvalue weighted by Gasteiger charge is -2.47. The maximum atomic E-state index is 12.5. The fourth-order valence-electron chi connectivity index (χ4n) is 2.56. The van der Waals surface area contributed by atoms with Crippen LogP contribution in [0.3, 0.4) is 0 Å². The summed E-state index contributed by atoms with van der Waals surface area (Å²) in [5.74, 6) is 0.159. The zero-order valence-corrected chi connectivity index (χ0v) is 11.7. The van der Waals surface area contributed by atoms with E-state index in [0.717, 1.165) is 13.1 Å². The Bertz CT molecular complexity index is 271. The Hall–Kier alpha value is -0.610. The van der Waals surface area contributed by atoms with E-state index in [1.54, 1.807) is 4.90 Å². The second-order valence-corrected chi connectivity index (χ2v) is 6.15. The number of rotatable bonds is 3. The summed E-state index contributed by atoms with van der Waals surface area (Å²) in [4.78, 5) is 16.5. The molecule has 1 aliphatic heterocycles. The van der Waals surface area contributed by atoms with E-state index in [2.05, 4.69) is 39.5 Å². The molecular weight excluding hydrogens is 216 g/mol. The lowest BCUT2D eigenvalue weighted by Crippen LogP contribution is -2.63. The molecule has 0 aromatic carbocycles. The van der Waals surface area contributed by atoms with E-state index in [-0.39, 0.29) is 24.0 Å². The molecule has 4 heteroatoms. The first kappa shape index (κ1) is 14.5. The first-order valence-electron chi connectivity index (χ1n) is 6.44. The van der Waals surface area contributed by atoms with Gasteiger partial charge in [0.25, 0.3) is 0 Å². The Kier molecular flexibility index (Phi) is 4.55. The molecule has 0 aromatic heterocycles. The van der Waals surface area contributed by atoms with Crippen LogP contribution < -0.4 is 0 Å². The van der Waals surface area contributed by atoms with Crippen molar-refractivity contribution in [2.45, 2.75) is 46.7 Å². The van der Waals surface area contributed by atoms with Crippen LogP contribution >= 0.6 is 0 Å². The Balaban J connectivity index is 2.92. The molecule has 1 N–H and O–H groups in total. The Labute approximate surface area is 105 Å². The van der Waals surface area contributed by atoms with E-state index in [9.17, 15) is 4.79 Å². The minimum atomic E-state index is -0.0807. The highest BCUT2D eigenvalue weighted by molar-refractivity contribution is 5.83. The summed E-state index contributed by atoms with van der Waals surface area (Å²) < 4.78 is 0. The van der Waals surface area contributed by atoms with Crippen molar-refractivity contribution in [1.29, 1.82) is 0 Å². The third kappa shape index (κ3) is 3.19. The summed E-state index contributed by atoms with van der Waals surface area (Å²) in [6, 6.07) is 0.294. The van der Waals surface area contributed by atoms with Crippen LogP contribution in [0.1, 0.15) is 34.6 Å². The van der Waals surface area contributed by atoms with Gasteiger partial charge in [-0.1, -0.05) is 20.8 Å². The normalized spacial score (nSPS) is 23.6. The Morgan fingerprint density at radius 1 is 1.35 bits per heavy atom. The topological polar surface area (TPSA) is 43.8 Å². The van der Waals surface area contributed by atoms with Crippen molar-refractivity contribution in [2.75, 3.05) is 26.2 Å². The number of hydrogen-bond acceptors (Lipinski definition) is 3. The molecule has 1 fully saturated rings. The third-order valence-electron chi connectivity index (χ3n) is 3.36. The summed E-state index contributed by atoms with van der Waals surface area (Å²) in [6.45, 7) is 12.7. The smallest absolute Gasteiger partial charge is 0.240 e. The fraction of sp³-hybridized carbons (Fsp3) is 0.923. The predicted octanol–water partition coefficient (Wildman–Crippen LogP) is 0.946. The van der Waals surface area contributed by atoms with E-state index in [0.29, 0.717) is 12.6 Å². The van der Waals surface area contributed by atoms with Crippen LogP contribution in [-0.4, -0.2) is 59.1 Å². The molecule has 1 atom stereocenters. The quantitative estimate of drug-likeness (QED) is 0.801. The standard InChI is InChI=1S/C13H26N2O2/c1-10(2)15-7-6-14(8-9-16)12(17)11(15)13(3,4)5/h10-11,16H,6-9H2,1-5H3/t11-/m1/s1. The summed E-state index contributed by atoms with van der Waals surface area (Å²) in [6.07, 6.45) is 0. The molecule has 1 rings (SSSR count). The van der Waals surface area contributed by atoms with Crippen molar-refractivity contribution in [2.24, 2.45) is 5.41 Å². The number of aliphatic hydroxyl groups excluding tert-OH is 1. The maximum Gasteiger partial charge on any atom is 0.240 e. The van der Waals surface area contributed by atoms with Gasteiger partial charge in [0.15, 0.2) is 0 Å². The minimum absolute atomic E-state index is 0.0459. The molecule has 1 amide bonds. The van der Waals surface area contributed by atoms with Crippen LogP contribution in [0.4, 0.5) is 0 Å². The summed E-state index contributed by atoms with van der Waals surface area (Å²) in [7, 11) is 0. The van der Waals surface area contributed by atoms with Gasteiger partial charge in [-0.2, -0.15) is 0 Å². The highest BCUT2D eigenvalue weighted by atomic mass is 16.3. The lowest BCUT2D eigenvalue weighted by molar-refractivity contribution is -0.149. The number of carbonyl (C=O) groups excluding carboxylic acids is 1. The molecule has 0 radical (unpaired) electrons. The van der Waals surface area contributed by atoms with Gasteiger partial charge in [0.05, 0.1) is 12.6 Å². The Morgan fingerprint density at radius 3 is 2.35 bits per heavy atom. The number of amides is 1. The highest BCUT2D eigenvalue weighted by Gasteiger charge is 2.42. The number of aliphatic hydroxyl groups is 1. The van der Waals surface area contributed by atoms with E-state index in [1.807, 2.05) is 0 Å². The van der Waals surface area contributed by atoms with Gasteiger partial charge in [0.1, 0.15) is 0 Å². The van der Waals surface area contributed by atoms with E-state index in [1.165, 1.54) is 0 Å². The summed E-state index contributed by atoms with van der Waals surface area (Å²) >= 11 is 0. The van der Waals surface area contributed by atoms with Gasteiger partial charge in [-0.15, -0.1) is 0 Å². The molecule has 0 spiro atoms. The predicted molar refractivity (Wildman–Crippen MR) is 68.8 cm³/mol. The molecule has 1 aliphatic rings. The van der Waals surface area contributed by atoms with Crippen LogP contribution in [0.2, 0.25) is 0 Å². The van der Waals surface area contributed by atoms with Crippen LogP contribution in [0.25, 0.3) is 0 Å². The van der Waals surface area contributed by atoms with Gasteiger partial charge in [0.2, 0.25) is 5.91 Å². The van der Waals surface area contributed by atoms with Gasteiger partial charge in [-0.25, -0.2) is 0 Å². The molecular formula is C13H26N2O2. The van der Waals surface area contributed by atoms with Gasteiger partial charge < -0.3 is 10.0 Å². The number of β-amino-alcohol motifs (C(OH)–C–C–N with tert-alkyl or cyclic N) is 1. The van der Waals surface area contributed by atoms with Crippen molar-refractivity contribution >= 4 is 5.91 Å². The van der Waals surface area contributed by atoms with Crippen LogP contribution in [0.15, 0.2) is 0 Å². The van der Waals surface area contributed by atoms with Crippen molar-refractivity contribution < 1.29 is 9.90 Å². The molecule has 4 nitrogen and oxygen atoms in total. The van der Waals surface area contributed by atoms with E-state index in [4.69, 9.17) is 5.11 Å². The molecule has 0 bridgehead atoms. The zero-order chi connectivity index (χ0) is 13.2. The van der Waals surface area contributed by atoms with Crippen LogP contribution in [-0.2, 0) is 4.79 Å². The van der Waals surface area contributed by atoms with Crippen molar-refractivity contribution in [3.8, 4) is 0 Å². The molecule has 100 valence electrons. The largest absolute Gasteiger partial charge is 0.395 e. The molecule has 0 aromatic rings. The molecule has 0 aliphatic carbocycles. The number of carbonyl (C=O) groups is 1. The first-order chi connectivity index (χ1) is 7.79. The minimum Gasteiger partial charge on any atom is -0.395 e. The van der Waals surface area contributed by atoms with Gasteiger partial charge in [-0.05, 0) is 19.3 Å². The van der Waals surface area contributed by atoms with Gasteiger partial charge in [-0.3, -0.25) is 9.69 Å². The lowest BCUT2D eigenvalue weighted by atomic mass is 9.83.